The number of alkyl halides is 8. The first-order valence-electron chi connectivity index (χ1n) is 24.1. The molecule has 0 saturated heterocycles. The number of rotatable bonds is 16. The molecular formula is C60H71Cl8N2O13S2Y5-5. The van der Waals surface area contributed by atoms with Crippen molar-refractivity contribution in [2.75, 3.05) is 27.4 Å². The molecule has 4 saturated carbocycles. The first kappa shape index (κ1) is 103. The zero-order chi connectivity index (χ0) is 59.6. The molecule has 30 heteroatoms. The second kappa shape index (κ2) is 45.3. The molecule has 15 nitrogen and oxygen atoms in total. The average molecular weight is 1820 g/mol. The summed E-state index contributed by atoms with van der Waals surface area (Å²) in [5.41, 5.74) is 4.39. The van der Waals surface area contributed by atoms with E-state index in [9.17, 15) is 36.0 Å². The number of primary sulfonamides is 2. The zero-order valence-corrected chi connectivity index (χ0v) is 72.7. The Morgan fingerprint density at radius 1 is 0.489 bits per heavy atom. The summed E-state index contributed by atoms with van der Waals surface area (Å²) in [5, 5.41) is 18.9. The van der Waals surface area contributed by atoms with Gasteiger partial charge >= 0.3 is 17.9 Å². The van der Waals surface area contributed by atoms with Gasteiger partial charge in [0.25, 0.3) is 0 Å². The maximum absolute atomic E-state index is 11.5. The Bertz CT molecular complexity index is 3190. The second-order valence-electron chi connectivity index (χ2n) is 18.2. The van der Waals surface area contributed by atoms with Gasteiger partial charge in [0.2, 0.25) is 20.0 Å². The van der Waals surface area contributed by atoms with Crippen molar-refractivity contribution >= 4 is 143 Å². The third kappa shape index (κ3) is 27.6. The van der Waals surface area contributed by atoms with Gasteiger partial charge in [-0.05, 0) is 72.0 Å². The summed E-state index contributed by atoms with van der Waals surface area (Å²) in [4.78, 5) is 43.6. The Labute approximate surface area is 698 Å². The number of sulfonamides is 2. The van der Waals surface area contributed by atoms with Crippen molar-refractivity contribution in [3.05, 3.63) is 211 Å². The number of carboxylic acids is 1. The maximum atomic E-state index is 11.5. The summed E-state index contributed by atoms with van der Waals surface area (Å²) in [6.45, 7) is 5.06. The minimum Gasteiger partial charge on any atom is -0.481 e. The molecular weight excluding hydrogens is 1750 g/mol. The van der Waals surface area contributed by atoms with E-state index in [0.717, 1.165) is 23.0 Å². The van der Waals surface area contributed by atoms with E-state index in [2.05, 4.69) is 9.47 Å². The standard InChI is InChI=1S/C14H18Cl2O2.C11H11Cl2NO4S.C11H10Cl2O2.C10H9Cl2NO4S.C9H8O.5CH3.5Y/c1-3-17-13(18-4-2)12-11(14(12,15)16)10-8-6-5-7-9-10;1-18-10(15)9-8(11(9,12)13)6-2-4-7(5-3-6)19(14,16)17;1-15-10(14)9-8(11(9,12)13)7-5-3-2-4-6-7;11-10(12)7(8(10)9(14)15)5-1-3-6(4-2-5)18(13,16)17;10-8-4-7-9-5-2-1-3-6-9;;;;;;;;;;/h5-9,11-13H,3-4H2,1-2H3;2-5,8-9H,1H3,(H2,14,16,17);2-6,8-9H,1H3;1-4,7-8H,(H,14,15)(H2,13,16,17);1-8H;5*1H3;;;;;/q;;;;;5*-1;;;;;/b;;;;7-4+;;;;;;;;;;. The van der Waals surface area contributed by atoms with Gasteiger partial charge in [-0.2, -0.15) is 0 Å². The molecule has 5 N–H and O–H groups in total. The Balaban J connectivity index is -0.000000241. The van der Waals surface area contributed by atoms with Crippen molar-refractivity contribution < 1.29 is 224 Å². The molecule has 4 fully saturated rings. The van der Waals surface area contributed by atoms with Gasteiger partial charge in [-0.15, -0.1) is 23.2 Å². The first-order valence-corrected chi connectivity index (χ1v) is 30.3. The summed E-state index contributed by atoms with van der Waals surface area (Å²) in [6.07, 6.45) is 3.69. The van der Waals surface area contributed by atoms with Crippen molar-refractivity contribution in [3.8, 4) is 0 Å². The number of halogens is 8. The Kier molecular flexibility index (Phi) is 51.6. The van der Waals surface area contributed by atoms with E-state index in [-0.39, 0.29) is 240 Å². The molecule has 5 aromatic carbocycles. The first-order chi connectivity index (χ1) is 37.5. The number of allylic oxidation sites excluding steroid dienone is 1. The number of methoxy groups -OCH3 is 2. The van der Waals surface area contributed by atoms with Crippen LogP contribution in [0.2, 0.25) is 0 Å². The van der Waals surface area contributed by atoms with Crippen LogP contribution in [0.3, 0.4) is 0 Å². The minimum absolute atomic E-state index is 0. The third-order valence-corrected chi connectivity index (χ3v) is 18.7. The number of hydrogen-bond acceptors (Lipinski definition) is 12. The van der Waals surface area contributed by atoms with E-state index in [1.54, 1.807) is 6.08 Å². The molecule has 5 radical (unpaired) electrons. The van der Waals surface area contributed by atoms with Crippen LogP contribution >= 0.6 is 92.8 Å². The van der Waals surface area contributed by atoms with Crippen molar-refractivity contribution in [2.24, 2.45) is 33.9 Å². The van der Waals surface area contributed by atoms with Crippen LogP contribution in [0, 0.1) is 60.8 Å². The molecule has 0 spiro atoms. The fourth-order valence-corrected chi connectivity index (χ4v) is 13.2. The summed E-state index contributed by atoms with van der Waals surface area (Å²) in [5.74, 6) is -4.98. The van der Waals surface area contributed by atoms with E-state index in [1.165, 1.54) is 68.8 Å². The summed E-state index contributed by atoms with van der Waals surface area (Å²) >= 11 is 48.7. The normalized spacial score (nSPS) is 21.1. The Morgan fingerprint density at radius 2 is 0.778 bits per heavy atom. The van der Waals surface area contributed by atoms with Crippen molar-refractivity contribution in [1.29, 1.82) is 0 Å². The summed E-state index contributed by atoms with van der Waals surface area (Å²) in [6, 6.07) is 40.6. The van der Waals surface area contributed by atoms with Crippen LogP contribution in [0.5, 0.6) is 0 Å². The number of carbonyl (C=O) groups is 4. The number of hydrogen-bond donors (Lipinski definition) is 3. The molecule has 0 amide bonds. The molecule has 90 heavy (non-hydrogen) atoms. The van der Waals surface area contributed by atoms with Gasteiger partial charge in [0.1, 0.15) is 35.5 Å². The second-order valence-corrected chi connectivity index (χ2v) is 27.1. The molecule has 8 atom stereocenters. The summed E-state index contributed by atoms with van der Waals surface area (Å²) in [7, 11) is -4.92. The molecule has 5 aromatic rings. The van der Waals surface area contributed by atoms with Gasteiger partial charge in [0.05, 0.1) is 35.8 Å². The predicted molar refractivity (Wildman–Crippen MR) is 344 cm³/mol. The Morgan fingerprint density at radius 3 is 1.06 bits per heavy atom. The van der Waals surface area contributed by atoms with Gasteiger partial charge in [0, 0.05) is 200 Å². The van der Waals surface area contributed by atoms with Crippen LogP contribution in [0.25, 0.3) is 6.08 Å². The van der Waals surface area contributed by atoms with E-state index < -0.39 is 78.9 Å². The van der Waals surface area contributed by atoms with E-state index in [4.69, 9.17) is 118 Å². The van der Waals surface area contributed by atoms with Crippen molar-refractivity contribution in [3.63, 3.8) is 0 Å². The zero-order valence-electron chi connectivity index (χ0n) is 50.8. The Hall–Kier alpha value is 1.50. The number of aliphatic carboxylic acids is 1. The fourth-order valence-electron chi connectivity index (χ4n) is 8.84. The molecule has 8 unspecified atom stereocenters. The molecule has 4 aliphatic rings. The number of benzene rings is 5. The number of carboxylic acid groups (broad SMARTS) is 1. The summed E-state index contributed by atoms with van der Waals surface area (Å²) < 4.78 is 60.5. The number of aldehydes is 1. The monoisotopic (exact) mass is 1820 g/mol. The topological polar surface area (TPSA) is 246 Å². The number of ether oxygens (including phenoxy) is 4. The minimum atomic E-state index is -3.77. The molecule has 0 heterocycles. The van der Waals surface area contributed by atoms with Gasteiger partial charge in [-0.3, -0.25) is 19.2 Å². The molecule has 0 bridgehead atoms. The van der Waals surface area contributed by atoms with Gasteiger partial charge < -0.3 is 61.2 Å². The molecule has 4 aliphatic carbocycles. The molecule has 487 valence electrons. The van der Waals surface area contributed by atoms with Crippen LogP contribution < -0.4 is 10.3 Å². The van der Waals surface area contributed by atoms with Crippen LogP contribution in [-0.2, 0) is 222 Å². The number of nitrogens with two attached hydrogens (primary N) is 2. The van der Waals surface area contributed by atoms with Gasteiger partial charge in [-0.1, -0.05) is 191 Å². The quantitative estimate of drug-likeness (QED) is 0.0208. The predicted octanol–water partition coefficient (Wildman–Crippen LogP) is 13.6. The largest absolute Gasteiger partial charge is 0.481 e. The van der Waals surface area contributed by atoms with Gasteiger partial charge in [0.15, 0.2) is 6.29 Å². The van der Waals surface area contributed by atoms with E-state index in [1.807, 2.05) is 105 Å². The number of carbonyl (C=O) groups excluding carboxylic acids is 3. The maximum Gasteiger partial charge on any atom is 0.312 e. The van der Waals surface area contributed by atoms with Crippen molar-refractivity contribution in [2.45, 2.75) is 70.9 Å². The van der Waals surface area contributed by atoms with Gasteiger partial charge in [-0.25, -0.2) is 27.1 Å². The van der Waals surface area contributed by atoms with Crippen LogP contribution in [0.1, 0.15) is 65.3 Å². The smallest absolute Gasteiger partial charge is 0.312 e. The molecule has 9 rings (SSSR count). The van der Waals surface area contributed by atoms with Crippen molar-refractivity contribution in [1.82, 2.24) is 0 Å². The van der Waals surface area contributed by atoms with Crippen LogP contribution in [0.15, 0.2) is 155 Å². The number of esters is 2. The fraction of sp³-hybridized carbons (Fsp3) is 0.317. The molecule has 0 aliphatic heterocycles. The molecule has 0 aromatic heterocycles. The van der Waals surface area contributed by atoms with E-state index in [0.29, 0.717) is 24.3 Å². The van der Waals surface area contributed by atoms with E-state index >= 15 is 0 Å². The van der Waals surface area contributed by atoms with Crippen LogP contribution in [0.4, 0.5) is 0 Å². The third-order valence-electron chi connectivity index (χ3n) is 13.0. The SMILES string of the molecule is CCOC(OCC)C1C(c2ccccc2)C1(Cl)Cl.COC(=O)C1C(c2ccc(S(N)(=O)=O)cc2)C1(Cl)Cl.COC(=O)C1C(c2ccccc2)C1(Cl)Cl.NS(=O)(=O)c1ccc(C2C(C(=O)O)C2(Cl)Cl)cc1.O=C/C=C/c1ccccc1.[CH3-].[CH3-].[CH3-].[CH3-].[CH3-].[Y].[Y].[Y].[Y].[Y]. The average Bonchev–Trinajstić information content (AvgIpc) is 4.41. The van der Waals surface area contributed by atoms with Crippen LogP contribution in [-0.4, -0.2) is 97.2 Å².